The van der Waals surface area contributed by atoms with E-state index in [4.69, 9.17) is 10.5 Å². The lowest BCUT2D eigenvalue weighted by Crippen LogP contribution is -2.39. The van der Waals surface area contributed by atoms with E-state index >= 15 is 0 Å². The summed E-state index contributed by atoms with van der Waals surface area (Å²) in [5.74, 6) is 1.83. The molecule has 2 heterocycles. The van der Waals surface area contributed by atoms with Crippen LogP contribution in [-0.2, 0) is 12.8 Å². The maximum Gasteiger partial charge on any atom is 0.122 e. The molecule has 2 N–H and O–H groups in total. The number of nitrogens with zero attached hydrogens (tertiary/aromatic N) is 1. The first-order chi connectivity index (χ1) is 9.28. The van der Waals surface area contributed by atoms with Crippen LogP contribution in [0, 0.1) is 5.92 Å². The Morgan fingerprint density at radius 3 is 3.16 bits per heavy atom. The minimum Gasteiger partial charge on any atom is -0.493 e. The van der Waals surface area contributed by atoms with Crippen molar-refractivity contribution < 1.29 is 4.74 Å². The lowest BCUT2D eigenvalue weighted by molar-refractivity contribution is 0.239. The number of rotatable bonds is 4. The highest BCUT2D eigenvalue weighted by molar-refractivity contribution is 5.39. The van der Waals surface area contributed by atoms with Crippen molar-refractivity contribution in [3.8, 4) is 5.75 Å². The van der Waals surface area contributed by atoms with Crippen LogP contribution < -0.4 is 10.5 Å². The van der Waals surface area contributed by atoms with Gasteiger partial charge in [-0.15, -0.1) is 0 Å². The van der Waals surface area contributed by atoms with Crippen molar-refractivity contribution in [1.29, 1.82) is 0 Å². The fourth-order valence-corrected chi connectivity index (χ4v) is 3.41. The molecule has 0 amide bonds. The second-order valence-corrected chi connectivity index (χ2v) is 5.90. The van der Waals surface area contributed by atoms with Gasteiger partial charge in [-0.2, -0.15) is 0 Å². The molecule has 1 aromatic rings. The lowest BCUT2D eigenvalue weighted by atomic mass is 10.0. The third-order valence-electron chi connectivity index (χ3n) is 4.68. The highest BCUT2D eigenvalue weighted by Gasteiger charge is 2.29. The van der Waals surface area contributed by atoms with Gasteiger partial charge < -0.3 is 10.5 Å². The summed E-state index contributed by atoms with van der Waals surface area (Å²) in [5, 5.41) is 0. The Kier molecular flexibility index (Phi) is 3.76. The van der Waals surface area contributed by atoms with Crippen LogP contribution in [0.15, 0.2) is 18.2 Å². The zero-order valence-electron chi connectivity index (χ0n) is 11.8. The quantitative estimate of drug-likeness (QED) is 0.897. The van der Waals surface area contributed by atoms with Crippen LogP contribution in [-0.4, -0.2) is 37.2 Å². The highest BCUT2D eigenvalue weighted by atomic mass is 16.5. The minimum absolute atomic E-state index is 0.581. The van der Waals surface area contributed by atoms with Gasteiger partial charge in [0.2, 0.25) is 0 Å². The first-order valence-electron chi connectivity index (χ1n) is 7.46. The summed E-state index contributed by atoms with van der Waals surface area (Å²) in [7, 11) is 0. The van der Waals surface area contributed by atoms with Gasteiger partial charge in [-0.05, 0) is 42.5 Å². The van der Waals surface area contributed by atoms with Crippen LogP contribution in [0.1, 0.15) is 24.5 Å². The third kappa shape index (κ3) is 2.63. The van der Waals surface area contributed by atoms with Crippen molar-refractivity contribution in [2.45, 2.75) is 32.2 Å². The minimum atomic E-state index is 0.581. The average molecular weight is 260 g/mol. The highest BCUT2D eigenvalue weighted by Crippen LogP contribution is 2.27. The molecule has 19 heavy (non-hydrogen) atoms. The van der Waals surface area contributed by atoms with E-state index in [9.17, 15) is 0 Å². The monoisotopic (exact) mass is 260 g/mol. The molecule has 3 nitrogen and oxygen atoms in total. The largest absolute Gasteiger partial charge is 0.493 e. The smallest absolute Gasteiger partial charge is 0.122 e. The van der Waals surface area contributed by atoms with Crippen molar-refractivity contribution in [2.24, 2.45) is 11.7 Å². The molecule has 3 heteroatoms. The SMILES string of the molecule is CC1CCN(CCc2ccc3c(c2)CCO3)C1CN. The van der Waals surface area contributed by atoms with Gasteiger partial charge >= 0.3 is 0 Å². The van der Waals surface area contributed by atoms with Gasteiger partial charge in [0.25, 0.3) is 0 Å². The average Bonchev–Trinajstić information content (AvgIpc) is 3.01. The summed E-state index contributed by atoms with van der Waals surface area (Å²) in [6, 6.07) is 7.24. The van der Waals surface area contributed by atoms with E-state index in [1.54, 1.807) is 0 Å². The van der Waals surface area contributed by atoms with Gasteiger partial charge in [0.1, 0.15) is 5.75 Å². The normalized spacial score (nSPS) is 26.4. The summed E-state index contributed by atoms with van der Waals surface area (Å²) in [5.41, 5.74) is 8.71. The Morgan fingerprint density at radius 1 is 1.42 bits per heavy atom. The second-order valence-electron chi connectivity index (χ2n) is 5.90. The topological polar surface area (TPSA) is 38.5 Å². The summed E-state index contributed by atoms with van der Waals surface area (Å²) in [6.45, 7) is 6.30. The predicted octanol–water partition coefficient (Wildman–Crippen LogP) is 1.83. The van der Waals surface area contributed by atoms with Crippen LogP contribution in [0.2, 0.25) is 0 Å². The van der Waals surface area contributed by atoms with Crippen LogP contribution >= 0.6 is 0 Å². The Bertz CT molecular complexity index is 446. The molecule has 2 aliphatic rings. The molecule has 1 aromatic carbocycles. The Balaban J connectivity index is 1.60. The molecule has 2 atom stereocenters. The van der Waals surface area contributed by atoms with E-state index in [-0.39, 0.29) is 0 Å². The Labute approximate surface area is 115 Å². The molecule has 1 saturated heterocycles. The van der Waals surface area contributed by atoms with Gasteiger partial charge in [0.05, 0.1) is 6.61 Å². The number of nitrogens with two attached hydrogens (primary N) is 1. The molecular weight excluding hydrogens is 236 g/mol. The third-order valence-corrected chi connectivity index (χ3v) is 4.68. The maximum absolute atomic E-state index is 5.90. The number of hydrogen-bond acceptors (Lipinski definition) is 3. The van der Waals surface area contributed by atoms with Crippen molar-refractivity contribution in [3.63, 3.8) is 0 Å². The van der Waals surface area contributed by atoms with Crippen molar-refractivity contribution >= 4 is 0 Å². The number of benzene rings is 1. The molecular formula is C16H24N2O. The number of fused-ring (bicyclic) bond motifs is 1. The molecule has 0 radical (unpaired) electrons. The van der Waals surface area contributed by atoms with Crippen LogP contribution in [0.4, 0.5) is 0 Å². The summed E-state index contributed by atoms with van der Waals surface area (Å²) < 4.78 is 5.55. The molecule has 3 rings (SSSR count). The molecule has 2 aliphatic heterocycles. The van der Waals surface area contributed by atoms with Crippen molar-refractivity contribution in [1.82, 2.24) is 4.90 Å². The van der Waals surface area contributed by atoms with Crippen LogP contribution in [0.25, 0.3) is 0 Å². The number of hydrogen-bond donors (Lipinski definition) is 1. The van der Waals surface area contributed by atoms with E-state index < -0.39 is 0 Å². The molecule has 2 unspecified atom stereocenters. The van der Waals surface area contributed by atoms with E-state index in [1.165, 1.54) is 24.1 Å². The maximum atomic E-state index is 5.90. The standard InChI is InChI=1S/C16H24N2O/c1-12-4-7-18(15(12)11-17)8-5-13-2-3-16-14(10-13)6-9-19-16/h2-3,10,12,15H,4-9,11,17H2,1H3. The van der Waals surface area contributed by atoms with E-state index in [2.05, 4.69) is 30.0 Å². The Hall–Kier alpha value is -1.06. The van der Waals surface area contributed by atoms with Crippen LogP contribution in [0.3, 0.4) is 0 Å². The van der Waals surface area contributed by atoms with Crippen LogP contribution in [0.5, 0.6) is 5.75 Å². The molecule has 0 saturated carbocycles. The molecule has 0 spiro atoms. The van der Waals surface area contributed by atoms with E-state index in [0.717, 1.165) is 44.2 Å². The van der Waals surface area contributed by atoms with Gasteiger partial charge in [0, 0.05) is 25.6 Å². The molecule has 0 bridgehead atoms. The summed E-state index contributed by atoms with van der Waals surface area (Å²) >= 11 is 0. The second kappa shape index (κ2) is 5.51. The Morgan fingerprint density at radius 2 is 2.32 bits per heavy atom. The fraction of sp³-hybridized carbons (Fsp3) is 0.625. The molecule has 0 aromatic heterocycles. The fourth-order valence-electron chi connectivity index (χ4n) is 3.41. The number of ether oxygens (including phenoxy) is 1. The summed E-state index contributed by atoms with van der Waals surface area (Å²) in [6.07, 6.45) is 3.48. The van der Waals surface area contributed by atoms with Gasteiger partial charge in [-0.3, -0.25) is 4.90 Å². The van der Waals surface area contributed by atoms with E-state index in [0.29, 0.717) is 6.04 Å². The summed E-state index contributed by atoms with van der Waals surface area (Å²) in [4.78, 5) is 2.56. The number of likely N-dealkylation sites (tertiary alicyclic amines) is 1. The predicted molar refractivity (Wildman–Crippen MR) is 77.5 cm³/mol. The molecule has 0 aliphatic carbocycles. The van der Waals surface area contributed by atoms with Gasteiger partial charge in [-0.1, -0.05) is 19.1 Å². The lowest BCUT2D eigenvalue weighted by Gasteiger charge is -2.25. The first kappa shape index (κ1) is 12.9. The zero-order valence-corrected chi connectivity index (χ0v) is 11.8. The molecule has 1 fully saturated rings. The van der Waals surface area contributed by atoms with Gasteiger partial charge in [-0.25, -0.2) is 0 Å². The zero-order chi connectivity index (χ0) is 13.2. The first-order valence-corrected chi connectivity index (χ1v) is 7.46. The van der Waals surface area contributed by atoms with Crippen molar-refractivity contribution in [3.05, 3.63) is 29.3 Å². The van der Waals surface area contributed by atoms with Crippen molar-refractivity contribution in [2.75, 3.05) is 26.2 Å². The van der Waals surface area contributed by atoms with Gasteiger partial charge in [0.15, 0.2) is 0 Å². The molecule has 104 valence electrons. The van der Waals surface area contributed by atoms with E-state index in [1.807, 2.05) is 0 Å².